The molecule has 0 atom stereocenters. The maximum atomic E-state index is 13.1. The van der Waals surface area contributed by atoms with Gasteiger partial charge in [-0.05, 0) is 43.7 Å². The van der Waals surface area contributed by atoms with Crippen molar-refractivity contribution in [2.45, 2.75) is 13.8 Å². The molecule has 0 radical (unpaired) electrons. The highest BCUT2D eigenvalue weighted by molar-refractivity contribution is 6.07. The van der Waals surface area contributed by atoms with Gasteiger partial charge in [-0.15, -0.1) is 0 Å². The lowest BCUT2D eigenvalue weighted by Crippen LogP contribution is -2.13. The first-order valence-corrected chi connectivity index (χ1v) is 9.08. The zero-order valence-corrected chi connectivity index (χ0v) is 15.8. The maximum absolute atomic E-state index is 13.1. The number of aromatic nitrogens is 3. The molecule has 0 aliphatic carbocycles. The summed E-state index contributed by atoms with van der Waals surface area (Å²) < 4.78 is 1.74. The third-order valence-corrected chi connectivity index (χ3v) is 4.51. The van der Waals surface area contributed by atoms with Gasteiger partial charge in [0.25, 0.3) is 5.91 Å². The number of nitrogens with one attached hydrogen (secondary N) is 1. The van der Waals surface area contributed by atoms with Crippen LogP contribution in [0.2, 0.25) is 0 Å². The molecule has 28 heavy (non-hydrogen) atoms. The highest BCUT2D eigenvalue weighted by atomic mass is 16.1. The quantitative estimate of drug-likeness (QED) is 0.563. The van der Waals surface area contributed by atoms with Crippen molar-refractivity contribution in [1.82, 2.24) is 14.8 Å². The van der Waals surface area contributed by atoms with Crippen LogP contribution in [0, 0.1) is 13.8 Å². The lowest BCUT2D eigenvalue weighted by molar-refractivity contribution is 0.102. The summed E-state index contributed by atoms with van der Waals surface area (Å²) in [7, 11) is 0. The molecule has 0 aliphatic heterocycles. The summed E-state index contributed by atoms with van der Waals surface area (Å²) in [6.07, 6.45) is 1.77. The van der Waals surface area contributed by atoms with Crippen molar-refractivity contribution >= 4 is 11.7 Å². The molecule has 0 fully saturated rings. The van der Waals surface area contributed by atoms with E-state index in [1.54, 1.807) is 16.9 Å². The van der Waals surface area contributed by atoms with Gasteiger partial charge in [0.2, 0.25) is 0 Å². The lowest BCUT2D eigenvalue weighted by Gasteiger charge is -2.07. The fraction of sp³-hybridized carbons (Fsp3) is 0.0870. The number of anilines is 1. The molecule has 4 rings (SSSR count). The van der Waals surface area contributed by atoms with E-state index in [1.165, 1.54) is 0 Å². The molecule has 2 aromatic carbocycles. The number of carbonyl (C=O) groups excluding carboxylic acids is 1. The van der Waals surface area contributed by atoms with Gasteiger partial charge in [0.05, 0.1) is 11.3 Å². The average Bonchev–Trinajstić information content (AvgIpc) is 3.14. The number of amides is 1. The Morgan fingerprint density at radius 1 is 0.893 bits per heavy atom. The van der Waals surface area contributed by atoms with E-state index in [1.807, 2.05) is 80.6 Å². The average molecular weight is 368 g/mol. The normalized spacial score (nSPS) is 10.6. The second-order valence-electron chi connectivity index (χ2n) is 6.60. The minimum atomic E-state index is -0.237. The van der Waals surface area contributed by atoms with Gasteiger partial charge in [0.15, 0.2) is 0 Å². The fourth-order valence-corrected chi connectivity index (χ4v) is 3.09. The number of aryl methyl sites for hydroxylation is 2. The summed E-state index contributed by atoms with van der Waals surface area (Å²) in [5.74, 6) is 0.284. The van der Waals surface area contributed by atoms with Crippen LogP contribution in [0.4, 0.5) is 5.82 Å². The molecular weight excluding hydrogens is 348 g/mol. The molecule has 0 saturated heterocycles. The molecule has 1 amide bonds. The van der Waals surface area contributed by atoms with Crippen molar-refractivity contribution in [3.63, 3.8) is 0 Å². The van der Waals surface area contributed by atoms with Gasteiger partial charge in [-0.3, -0.25) is 4.79 Å². The Balaban J connectivity index is 1.79. The van der Waals surface area contributed by atoms with Crippen molar-refractivity contribution in [3.8, 4) is 16.9 Å². The number of nitrogens with zero attached hydrogens (tertiary/aromatic N) is 3. The Labute approximate surface area is 163 Å². The molecule has 0 spiro atoms. The molecule has 2 aromatic heterocycles. The van der Waals surface area contributed by atoms with Crippen molar-refractivity contribution in [2.75, 3.05) is 5.32 Å². The molecule has 0 unspecified atom stereocenters. The van der Waals surface area contributed by atoms with E-state index < -0.39 is 0 Å². The SMILES string of the molecule is Cc1cccc(NC(=O)c2cn(-c3ccccc3)nc2-c2ccccc2C)n1. The molecule has 1 N–H and O–H groups in total. The predicted molar refractivity (Wildman–Crippen MR) is 111 cm³/mol. The lowest BCUT2D eigenvalue weighted by atomic mass is 10.0. The largest absolute Gasteiger partial charge is 0.306 e. The number of hydrogen-bond donors (Lipinski definition) is 1. The molecule has 2 heterocycles. The van der Waals surface area contributed by atoms with Gasteiger partial charge in [-0.1, -0.05) is 48.5 Å². The van der Waals surface area contributed by atoms with E-state index in [0.29, 0.717) is 17.1 Å². The summed E-state index contributed by atoms with van der Waals surface area (Å²) >= 11 is 0. The Kier molecular flexibility index (Phi) is 4.72. The van der Waals surface area contributed by atoms with Crippen molar-refractivity contribution < 1.29 is 4.79 Å². The van der Waals surface area contributed by atoms with Crippen molar-refractivity contribution in [2.24, 2.45) is 0 Å². The minimum Gasteiger partial charge on any atom is -0.306 e. The number of hydrogen-bond acceptors (Lipinski definition) is 3. The molecule has 0 bridgehead atoms. The van der Waals surface area contributed by atoms with Crippen LogP contribution in [0.25, 0.3) is 16.9 Å². The van der Waals surface area contributed by atoms with Gasteiger partial charge >= 0.3 is 0 Å². The topological polar surface area (TPSA) is 59.8 Å². The predicted octanol–water partition coefficient (Wildman–Crippen LogP) is 4.80. The van der Waals surface area contributed by atoms with Gasteiger partial charge in [-0.2, -0.15) is 5.10 Å². The first kappa shape index (κ1) is 17.7. The monoisotopic (exact) mass is 368 g/mol. The van der Waals surface area contributed by atoms with E-state index in [-0.39, 0.29) is 5.91 Å². The van der Waals surface area contributed by atoms with Crippen molar-refractivity contribution in [3.05, 3.63) is 95.8 Å². The molecule has 138 valence electrons. The van der Waals surface area contributed by atoms with Crippen LogP contribution in [-0.4, -0.2) is 20.7 Å². The fourth-order valence-electron chi connectivity index (χ4n) is 3.09. The summed E-state index contributed by atoms with van der Waals surface area (Å²) in [6, 6.07) is 23.2. The third kappa shape index (κ3) is 3.55. The zero-order valence-electron chi connectivity index (χ0n) is 15.8. The van der Waals surface area contributed by atoms with E-state index in [2.05, 4.69) is 10.3 Å². The second-order valence-corrected chi connectivity index (χ2v) is 6.60. The smallest absolute Gasteiger partial charge is 0.260 e. The Hall–Kier alpha value is -3.73. The molecule has 5 nitrogen and oxygen atoms in total. The number of rotatable bonds is 4. The summed E-state index contributed by atoms with van der Waals surface area (Å²) in [6.45, 7) is 3.91. The van der Waals surface area contributed by atoms with Gasteiger partial charge < -0.3 is 5.32 Å². The van der Waals surface area contributed by atoms with E-state index in [0.717, 1.165) is 22.5 Å². The van der Waals surface area contributed by atoms with Crippen LogP contribution in [0.3, 0.4) is 0 Å². The minimum absolute atomic E-state index is 0.237. The first-order valence-electron chi connectivity index (χ1n) is 9.08. The standard InChI is InChI=1S/C23H20N4O/c1-16-9-6-7-13-19(16)22-20(15-27(26-22)18-11-4-3-5-12-18)23(28)25-21-14-8-10-17(2)24-21/h3-15H,1-2H3,(H,24,25,28). The van der Waals surface area contributed by atoms with E-state index >= 15 is 0 Å². The first-order chi connectivity index (χ1) is 13.6. The Morgan fingerprint density at radius 2 is 1.64 bits per heavy atom. The van der Waals surface area contributed by atoms with Gasteiger partial charge in [0.1, 0.15) is 11.5 Å². The van der Waals surface area contributed by atoms with Crippen LogP contribution in [0.5, 0.6) is 0 Å². The molecule has 0 saturated carbocycles. The van der Waals surface area contributed by atoms with E-state index in [9.17, 15) is 4.79 Å². The maximum Gasteiger partial charge on any atom is 0.260 e. The Bertz CT molecular complexity index is 1130. The summed E-state index contributed by atoms with van der Waals surface area (Å²) in [5, 5.41) is 7.62. The van der Waals surface area contributed by atoms with Crippen LogP contribution in [-0.2, 0) is 0 Å². The highest BCUT2D eigenvalue weighted by Gasteiger charge is 2.20. The third-order valence-electron chi connectivity index (χ3n) is 4.51. The number of pyridine rings is 1. The Morgan fingerprint density at radius 3 is 2.39 bits per heavy atom. The van der Waals surface area contributed by atoms with Crippen LogP contribution in [0.1, 0.15) is 21.6 Å². The highest BCUT2D eigenvalue weighted by Crippen LogP contribution is 2.27. The van der Waals surface area contributed by atoms with Crippen LogP contribution in [0.15, 0.2) is 79.0 Å². The molecular formula is C23H20N4O. The molecule has 4 aromatic rings. The van der Waals surface area contributed by atoms with E-state index in [4.69, 9.17) is 5.10 Å². The van der Waals surface area contributed by atoms with Crippen LogP contribution < -0.4 is 5.32 Å². The second kappa shape index (κ2) is 7.48. The summed E-state index contributed by atoms with van der Waals surface area (Å²) in [4.78, 5) is 17.4. The summed E-state index contributed by atoms with van der Waals surface area (Å²) in [5.41, 5.74) is 4.87. The molecule has 0 aliphatic rings. The molecule has 5 heteroatoms. The zero-order chi connectivity index (χ0) is 19.5. The van der Waals surface area contributed by atoms with Gasteiger partial charge in [0, 0.05) is 17.5 Å². The number of benzene rings is 2. The number of carbonyl (C=O) groups is 1. The number of para-hydroxylation sites is 1. The van der Waals surface area contributed by atoms with Crippen molar-refractivity contribution in [1.29, 1.82) is 0 Å². The van der Waals surface area contributed by atoms with Gasteiger partial charge in [-0.25, -0.2) is 9.67 Å². The van der Waals surface area contributed by atoms with Crippen LogP contribution >= 0.6 is 0 Å².